The molecule has 1 saturated heterocycles. The van der Waals surface area contributed by atoms with Crippen molar-refractivity contribution >= 4 is 29.4 Å². The molecule has 3 aromatic rings. The second-order valence-corrected chi connectivity index (χ2v) is 9.44. The van der Waals surface area contributed by atoms with Gasteiger partial charge in [0, 0.05) is 18.4 Å². The summed E-state index contributed by atoms with van der Waals surface area (Å²) in [5, 5.41) is 3.00. The lowest BCUT2D eigenvalue weighted by molar-refractivity contribution is -0.156. The van der Waals surface area contributed by atoms with E-state index in [1.807, 2.05) is 80.6 Å². The Kier molecular flexibility index (Phi) is 7.86. The van der Waals surface area contributed by atoms with Crippen molar-refractivity contribution in [2.45, 2.75) is 45.2 Å². The maximum absolute atomic E-state index is 13.7. The van der Waals surface area contributed by atoms with Crippen molar-refractivity contribution in [2.24, 2.45) is 5.92 Å². The number of likely N-dealkylation sites (N-methyl/N-ethyl adjacent to an activating group) is 1. The molecule has 0 saturated carbocycles. The van der Waals surface area contributed by atoms with Crippen LogP contribution in [0.15, 0.2) is 72.8 Å². The van der Waals surface area contributed by atoms with Gasteiger partial charge in [-0.3, -0.25) is 14.5 Å². The summed E-state index contributed by atoms with van der Waals surface area (Å²) in [4.78, 5) is 47.3. The fourth-order valence-corrected chi connectivity index (χ4v) is 4.89. The van der Waals surface area contributed by atoms with Crippen LogP contribution in [0.25, 0.3) is 0 Å². The van der Waals surface area contributed by atoms with Gasteiger partial charge in [0.05, 0.1) is 12.0 Å². The van der Waals surface area contributed by atoms with E-state index in [2.05, 4.69) is 10.3 Å². The largest absolute Gasteiger partial charge is 0.384 e. The van der Waals surface area contributed by atoms with Crippen molar-refractivity contribution in [1.29, 1.82) is 0 Å². The standard InChI is InChI=1S/C29H33N5O3/c1-4-11-24(21-12-7-5-8-13-21)32-29(37)34-26(28(36)33(3)22-14-9-6-10-15-22)23(27(34)35)17-20-16-19(2)31-25(30)18-20/h5-10,12-16,18,23-24,26H,4,11,17H2,1-3H3,(H2,30,31)(H,32,37)/t23-,24-,26+/m1/s1. The molecule has 8 heteroatoms. The number of carbonyl (C=O) groups excluding carboxylic acids is 3. The summed E-state index contributed by atoms with van der Waals surface area (Å²) in [5.74, 6) is -1.04. The number of anilines is 2. The molecule has 0 aliphatic carbocycles. The van der Waals surface area contributed by atoms with E-state index < -0.39 is 18.0 Å². The number of pyridine rings is 1. The van der Waals surface area contributed by atoms with Crippen molar-refractivity contribution in [3.05, 3.63) is 89.6 Å². The third-order valence-corrected chi connectivity index (χ3v) is 6.73. The van der Waals surface area contributed by atoms with Gasteiger partial charge < -0.3 is 16.0 Å². The van der Waals surface area contributed by atoms with E-state index in [0.29, 0.717) is 17.9 Å². The van der Waals surface area contributed by atoms with Gasteiger partial charge in [0.25, 0.3) is 5.91 Å². The molecule has 0 radical (unpaired) electrons. The van der Waals surface area contributed by atoms with E-state index in [-0.39, 0.29) is 24.3 Å². The lowest BCUT2D eigenvalue weighted by Crippen LogP contribution is -2.70. The number of rotatable bonds is 8. The second-order valence-electron chi connectivity index (χ2n) is 9.44. The molecule has 3 atom stereocenters. The lowest BCUT2D eigenvalue weighted by Gasteiger charge is -2.46. The Hall–Kier alpha value is -4.20. The zero-order chi connectivity index (χ0) is 26.5. The number of imide groups is 1. The Balaban J connectivity index is 1.61. The fourth-order valence-electron chi connectivity index (χ4n) is 4.89. The topological polar surface area (TPSA) is 109 Å². The number of nitrogens with one attached hydrogen (secondary N) is 1. The number of likely N-dealkylation sites (tertiary alicyclic amines) is 1. The van der Waals surface area contributed by atoms with E-state index in [1.165, 1.54) is 4.90 Å². The smallest absolute Gasteiger partial charge is 0.325 e. The Labute approximate surface area is 217 Å². The third-order valence-electron chi connectivity index (χ3n) is 6.73. The molecule has 0 bridgehead atoms. The second kappa shape index (κ2) is 11.2. The number of amides is 4. The number of benzene rings is 2. The zero-order valence-corrected chi connectivity index (χ0v) is 21.4. The molecule has 4 amide bonds. The molecule has 8 nitrogen and oxygen atoms in total. The molecule has 0 unspecified atom stereocenters. The quantitative estimate of drug-likeness (QED) is 0.450. The Bertz CT molecular complexity index is 1240. The maximum atomic E-state index is 13.7. The average Bonchev–Trinajstić information content (AvgIpc) is 2.89. The summed E-state index contributed by atoms with van der Waals surface area (Å²) < 4.78 is 0. The van der Waals surface area contributed by atoms with Crippen LogP contribution < -0.4 is 16.0 Å². The van der Waals surface area contributed by atoms with Crippen LogP contribution in [0.2, 0.25) is 0 Å². The molecule has 37 heavy (non-hydrogen) atoms. The average molecular weight is 500 g/mol. The number of aryl methyl sites for hydroxylation is 1. The van der Waals surface area contributed by atoms with Crippen LogP contribution in [0.3, 0.4) is 0 Å². The van der Waals surface area contributed by atoms with Crippen molar-refractivity contribution in [2.75, 3.05) is 17.7 Å². The first-order valence-corrected chi connectivity index (χ1v) is 12.5. The van der Waals surface area contributed by atoms with Gasteiger partial charge in [0.15, 0.2) is 0 Å². The number of nitrogen functional groups attached to an aromatic ring is 1. The highest BCUT2D eigenvalue weighted by molar-refractivity contribution is 6.12. The van der Waals surface area contributed by atoms with Gasteiger partial charge in [-0.15, -0.1) is 0 Å². The van der Waals surface area contributed by atoms with E-state index in [0.717, 1.165) is 28.1 Å². The molecule has 2 heterocycles. The minimum absolute atomic E-state index is 0.268. The van der Waals surface area contributed by atoms with Crippen molar-refractivity contribution in [3.63, 3.8) is 0 Å². The molecule has 2 aromatic carbocycles. The molecule has 1 aliphatic heterocycles. The van der Waals surface area contributed by atoms with Gasteiger partial charge in [-0.05, 0) is 55.2 Å². The summed E-state index contributed by atoms with van der Waals surface area (Å²) >= 11 is 0. The summed E-state index contributed by atoms with van der Waals surface area (Å²) in [6.45, 7) is 3.86. The Morgan fingerprint density at radius 3 is 2.35 bits per heavy atom. The summed E-state index contributed by atoms with van der Waals surface area (Å²) in [5.41, 5.74) is 9.08. The number of hydrogen-bond acceptors (Lipinski definition) is 5. The minimum atomic E-state index is -0.939. The molecular weight excluding hydrogens is 466 g/mol. The number of β-lactam (4-membered cyclic amide) rings is 1. The number of nitrogens with two attached hydrogens (primary N) is 1. The molecule has 192 valence electrons. The highest BCUT2D eigenvalue weighted by atomic mass is 16.2. The minimum Gasteiger partial charge on any atom is -0.384 e. The molecule has 1 aliphatic rings. The van der Waals surface area contributed by atoms with E-state index >= 15 is 0 Å². The Morgan fingerprint density at radius 1 is 1.08 bits per heavy atom. The van der Waals surface area contributed by atoms with Gasteiger partial charge in [-0.1, -0.05) is 61.9 Å². The summed E-state index contributed by atoms with van der Waals surface area (Å²) in [7, 11) is 1.66. The van der Waals surface area contributed by atoms with Crippen LogP contribution in [0.4, 0.5) is 16.3 Å². The zero-order valence-electron chi connectivity index (χ0n) is 21.4. The SMILES string of the molecule is CCC[C@@H](NC(=O)N1C(=O)[C@H](Cc2cc(C)nc(N)c2)[C@H]1C(=O)N(C)c1ccccc1)c1ccccc1. The first kappa shape index (κ1) is 25.9. The predicted octanol–water partition coefficient (Wildman–Crippen LogP) is 4.26. The van der Waals surface area contributed by atoms with Crippen molar-refractivity contribution < 1.29 is 14.4 Å². The van der Waals surface area contributed by atoms with Crippen LogP contribution in [-0.4, -0.2) is 40.8 Å². The number of hydrogen-bond donors (Lipinski definition) is 2. The molecule has 4 rings (SSSR count). The van der Waals surface area contributed by atoms with Gasteiger partial charge in [0.1, 0.15) is 11.9 Å². The van der Waals surface area contributed by atoms with E-state index in [1.54, 1.807) is 13.1 Å². The fraction of sp³-hybridized carbons (Fsp3) is 0.310. The molecular formula is C29H33N5O3. The van der Waals surface area contributed by atoms with Crippen LogP contribution in [0, 0.1) is 12.8 Å². The number of urea groups is 1. The third kappa shape index (κ3) is 5.63. The summed E-state index contributed by atoms with van der Waals surface area (Å²) in [6, 6.07) is 20.6. The van der Waals surface area contributed by atoms with Gasteiger partial charge in [-0.2, -0.15) is 0 Å². The number of nitrogens with zero attached hydrogens (tertiary/aromatic N) is 3. The molecule has 3 N–H and O–H groups in total. The predicted molar refractivity (Wildman–Crippen MR) is 144 cm³/mol. The first-order chi connectivity index (χ1) is 17.8. The number of para-hydroxylation sites is 1. The van der Waals surface area contributed by atoms with Crippen LogP contribution in [-0.2, 0) is 16.0 Å². The van der Waals surface area contributed by atoms with Crippen LogP contribution in [0.1, 0.15) is 42.6 Å². The molecule has 1 fully saturated rings. The summed E-state index contributed by atoms with van der Waals surface area (Å²) in [6.07, 6.45) is 1.84. The number of carbonyl (C=O) groups is 3. The normalized spacial score (nSPS) is 17.6. The van der Waals surface area contributed by atoms with Gasteiger partial charge >= 0.3 is 6.03 Å². The highest BCUT2D eigenvalue weighted by Crippen LogP contribution is 2.33. The number of aromatic nitrogens is 1. The van der Waals surface area contributed by atoms with E-state index in [4.69, 9.17) is 5.73 Å². The molecule has 0 spiro atoms. The van der Waals surface area contributed by atoms with Crippen molar-refractivity contribution in [1.82, 2.24) is 15.2 Å². The van der Waals surface area contributed by atoms with Crippen LogP contribution >= 0.6 is 0 Å². The highest BCUT2D eigenvalue weighted by Gasteiger charge is 2.55. The lowest BCUT2D eigenvalue weighted by atomic mass is 9.81. The van der Waals surface area contributed by atoms with Crippen LogP contribution in [0.5, 0.6) is 0 Å². The molecule has 1 aromatic heterocycles. The van der Waals surface area contributed by atoms with Gasteiger partial charge in [-0.25, -0.2) is 9.78 Å². The maximum Gasteiger partial charge on any atom is 0.325 e. The van der Waals surface area contributed by atoms with Gasteiger partial charge in [0.2, 0.25) is 5.91 Å². The monoisotopic (exact) mass is 499 g/mol. The van der Waals surface area contributed by atoms with E-state index in [9.17, 15) is 14.4 Å². The van der Waals surface area contributed by atoms with Crippen molar-refractivity contribution in [3.8, 4) is 0 Å². The first-order valence-electron chi connectivity index (χ1n) is 12.5. The Morgan fingerprint density at radius 2 is 1.73 bits per heavy atom.